The fourth-order valence-electron chi connectivity index (χ4n) is 2.81. The summed E-state index contributed by atoms with van der Waals surface area (Å²) in [5.74, 6) is 0.0991. The molecule has 0 spiro atoms. The smallest absolute Gasteiger partial charge is 0.244 e. The number of aryl methyl sites for hydroxylation is 1. The second-order valence-corrected chi connectivity index (χ2v) is 9.30. The largest absolute Gasteiger partial charge is 0.497 e. The van der Waals surface area contributed by atoms with Crippen LogP contribution < -0.4 is 14.8 Å². The fourth-order valence-corrected chi connectivity index (χ4v) is 4.59. The highest BCUT2D eigenvalue weighted by Gasteiger charge is 2.27. The van der Waals surface area contributed by atoms with Crippen LogP contribution in [0, 0.1) is 5.82 Å². The Morgan fingerprint density at radius 2 is 1.87 bits per heavy atom. The average molecular weight is 455 g/mol. The summed E-state index contributed by atoms with van der Waals surface area (Å²) in [5, 5.41) is 2.78. The van der Waals surface area contributed by atoms with Crippen LogP contribution in [0.5, 0.6) is 5.75 Å². The van der Waals surface area contributed by atoms with Crippen molar-refractivity contribution in [3.05, 3.63) is 59.9 Å². The van der Waals surface area contributed by atoms with Crippen LogP contribution in [0.25, 0.3) is 0 Å². The first-order valence-corrected chi connectivity index (χ1v) is 12.4. The predicted molar refractivity (Wildman–Crippen MR) is 118 cm³/mol. The fraction of sp³-hybridized carbons (Fsp3) is 0.381. The first-order chi connectivity index (χ1) is 14.4. The zero-order chi connectivity index (χ0) is 22.0. The van der Waals surface area contributed by atoms with Crippen LogP contribution in [0.2, 0.25) is 0 Å². The zero-order valence-electron chi connectivity index (χ0n) is 17.1. The molecular weight excluding hydrogens is 427 g/mol. The van der Waals surface area contributed by atoms with Gasteiger partial charge in [-0.1, -0.05) is 24.3 Å². The van der Waals surface area contributed by atoms with Crippen molar-refractivity contribution in [1.82, 2.24) is 10.0 Å². The minimum atomic E-state index is -4.15. The van der Waals surface area contributed by atoms with Crippen molar-refractivity contribution >= 4 is 27.7 Å². The van der Waals surface area contributed by atoms with Crippen molar-refractivity contribution in [2.45, 2.75) is 30.2 Å². The van der Waals surface area contributed by atoms with E-state index < -0.39 is 32.7 Å². The minimum Gasteiger partial charge on any atom is -0.497 e. The molecule has 0 fully saturated rings. The molecule has 1 atom stereocenters. The summed E-state index contributed by atoms with van der Waals surface area (Å²) in [6.45, 7) is 0.405. The normalized spacial score (nSPS) is 12.4. The van der Waals surface area contributed by atoms with Crippen LogP contribution in [0.1, 0.15) is 18.4 Å². The lowest BCUT2D eigenvalue weighted by molar-refractivity contribution is -0.122. The molecule has 0 heterocycles. The standard InChI is InChI=1S/C21H27FN2O4S2/c1-28-17-11-9-16(10-12-17)6-5-14-23-21(25)19(13-15-29-2)24-30(26,27)20-8-4-3-7-18(20)22/h3-4,7-12,19,24H,5-6,13-15H2,1-2H3,(H,23,25). The number of carbonyl (C=O) groups is 1. The lowest BCUT2D eigenvalue weighted by Gasteiger charge is -2.18. The highest BCUT2D eigenvalue weighted by molar-refractivity contribution is 7.98. The second-order valence-electron chi connectivity index (χ2n) is 6.63. The molecule has 2 aromatic rings. The van der Waals surface area contributed by atoms with E-state index in [0.29, 0.717) is 25.1 Å². The van der Waals surface area contributed by atoms with E-state index in [-0.39, 0.29) is 0 Å². The maximum absolute atomic E-state index is 13.9. The summed E-state index contributed by atoms with van der Waals surface area (Å²) >= 11 is 1.50. The van der Waals surface area contributed by atoms with E-state index in [1.165, 1.54) is 30.0 Å². The van der Waals surface area contributed by atoms with Crippen molar-refractivity contribution in [3.63, 3.8) is 0 Å². The van der Waals surface area contributed by atoms with Crippen LogP contribution in [-0.4, -0.2) is 46.0 Å². The van der Waals surface area contributed by atoms with Crippen molar-refractivity contribution in [2.24, 2.45) is 0 Å². The molecule has 0 aliphatic rings. The lowest BCUT2D eigenvalue weighted by atomic mass is 10.1. The molecule has 0 saturated heterocycles. The van der Waals surface area contributed by atoms with E-state index in [1.807, 2.05) is 30.5 Å². The molecule has 0 aliphatic heterocycles. The monoisotopic (exact) mass is 454 g/mol. The van der Waals surface area contributed by atoms with Gasteiger partial charge in [0.1, 0.15) is 22.5 Å². The number of benzene rings is 2. The van der Waals surface area contributed by atoms with E-state index >= 15 is 0 Å². The van der Waals surface area contributed by atoms with Crippen molar-refractivity contribution in [3.8, 4) is 5.75 Å². The van der Waals surface area contributed by atoms with Gasteiger partial charge in [0.05, 0.1) is 7.11 Å². The summed E-state index contributed by atoms with van der Waals surface area (Å²) in [6.07, 6.45) is 3.64. The minimum absolute atomic E-state index is 0.305. The Morgan fingerprint density at radius 3 is 2.50 bits per heavy atom. The maximum atomic E-state index is 13.9. The summed E-state index contributed by atoms with van der Waals surface area (Å²) < 4.78 is 46.5. The summed E-state index contributed by atoms with van der Waals surface area (Å²) in [6, 6.07) is 11.8. The Morgan fingerprint density at radius 1 is 1.17 bits per heavy atom. The van der Waals surface area contributed by atoms with Gasteiger partial charge in [0, 0.05) is 6.54 Å². The van der Waals surface area contributed by atoms with Gasteiger partial charge >= 0.3 is 0 Å². The predicted octanol–water partition coefficient (Wildman–Crippen LogP) is 2.98. The van der Waals surface area contributed by atoms with Gasteiger partial charge in [-0.05, 0) is 61.1 Å². The molecular formula is C21H27FN2O4S2. The van der Waals surface area contributed by atoms with Gasteiger partial charge in [-0.2, -0.15) is 16.5 Å². The number of nitrogens with one attached hydrogen (secondary N) is 2. The average Bonchev–Trinajstić information content (AvgIpc) is 2.74. The first kappa shape index (κ1) is 24.2. The van der Waals surface area contributed by atoms with E-state index in [4.69, 9.17) is 4.74 Å². The molecule has 2 N–H and O–H groups in total. The highest BCUT2D eigenvalue weighted by Crippen LogP contribution is 2.15. The molecule has 0 radical (unpaired) electrons. The summed E-state index contributed by atoms with van der Waals surface area (Å²) in [4.78, 5) is 12.1. The SMILES string of the molecule is COc1ccc(CCCNC(=O)C(CCSC)NS(=O)(=O)c2ccccc2F)cc1. The Balaban J connectivity index is 1.93. The first-order valence-electron chi connectivity index (χ1n) is 9.54. The molecule has 1 amide bonds. The molecule has 2 aromatic carbocycles. The van der Waals surface area contributed by atoms with Crippen LogP contribution in [-0.2, 0) is 21.2 Å². The molecule has 0 bridgehead atoms. The van der Waals surface area contributed by atoms with Crippen LogP contribution in [0.15, 0.2) is 53.4 Å². The molecule has 0 aliphatic carbocycles. The molecule has 2 rings (SSSR count). The molecule has 30 heavy (non-hydrogen) atoms. The van der Waals surface area contributed by atoms with Gasteiger partial charge in [-0.3, -0.25) is 4.79 Å². The highest BCUT2D eigenvalue weighted by atomic mass is 32.2. The summed E-state index contributed by atoms with van der Waals surface area (Å²) in [5.41, 5.74) is 1.12. The topological polar surface area (TPSA) is 84.5 Å². The number of thioether (sulfide) groups is 1. The third kappa shape index (κ3) is 7.30. The van der Waals surface area contributed by atoms with Crippen molar-refractivity contribution in [1.29, 1.82) is 0 Å². The molecule has 164 valence electrons. The number of rotatable bonds is 12. The van der Waals surface area contributed by atoms with Gasteiger partial charge in [0.25, 0.3) is 0 Å². The van der Waals surface area contributed by atoms with Crippen LogP contribution >= 0.6 is 11.8 Å². The lowest BCUT2D eigenvalue weighted by Crippen LogP contribution is -2.47. The van der Waals surface area contributed by atoms with Gasteiger partial charge in [-0.15, -0.1) is 0 Å². The number of sulfonamides is 1. The van der Waals surface area contributed by atoms with E-state index in [9.17, 15) is 17.6 Å². The van der Waals surface area contributed by atoms with Gasteiger partial charge in [-0.25, -0.2) is 12.8 Å². The molecule has 6 nitrogen and oxygen atoms in total. The van der Waals surface area contributed by atoms with Crippen molar-refractivity contribution in [2.75, 3.05) is 25.7 Å². The van der Waals surface area contributed by atoms with Gasteiger partial charge in [0.15, 0.2) is 0 Å². The molecule has 0 aromatic heterocycles. The molecule has 1 unspecified atom stereocenters. The Bertz CT molecular complexity index is 921. The van der Waals surface area contributed by atoms with E-state index in [0.717, 1.165) is 23.8 Å². The Labute approximate surface area is 181 Å². The van der Waals surface area contributed by atoms with Crippen LogP contribution in [0.3, 0.4) is 0 Å². The zero-order valence-corrected chi connectivity index (χ0v) is 18.7. The Hall–Kier alpha value is -2.10. The summed E-state index contributed by atoms with van der Waals surface area (Å²) in [7, 11) is -2.54. The molecule has 9 heteroatoms. The van der Waals surface area contributed by atoms with Crippen molar-refractivity contribution < 1.29 is 22.3 Å². The molecule has 0 saturated carbocycles. The number of carbonyl (C=O) groups excluding carboxylic acids is 1. The number of halogens is 1. The van der Waals surface area contributed by atoms with E-state index in [1.54, 1.807) is 7.11 Å². The quantitative estimate of drug-likeness (QED) is 0.482. The number of methoxy groups -OCH3 is 1. The van der Waals surface area contributed by atoms with E-state index in [2.05, 4.69) is 10.0 Å². The third-order valence-corrected chi connectivity index (χ3v) is 6.60. The number of hydrogen-bond acceptors (Lipinski definition) is 5. The van der Waals surface area contributed by atoms with Crippen LogP contribution in [0.4, 0.5) is 4.39 Å². The number of amides is 1. The number of hydrogen-bond donors (Lipinski definition) is 2. The van der Waals surface area contributed by atoms with Gasteiger partial charge in [0.2, 0.25) is 15.9 Å². The third-order valence-electron chi connectivity index (χ3n) is 4.45. The Kier molecular flexibility index (Phi) is 9.61. The second kappa shape index (κ2) is 11.9. The maximum Gasteiger partial charge on any atom is 0.244 e. The number of ether oxygens (including phenoxy) is 1. The van der Waals surface area contributed by atoms with Gasteiger partial charge < -0.3 is 10.1 Å².